The predicted octanol–water partition coefficient (Wildman–Crippen LogP) is 0.868. The maximum Gasteiger partial charge on any atom is 0.244 e. The molecule has 2 rings (SSSR count). The van der Waals surface area contributed by atoms with Gasteiger partial charge in [-0.05, 0) is 31.9 Å². The molecule has 0 heterocycles. The van der Waals surface area contributed by atoms with Gasteiger partial charge in [0.05, 0.1) is 16.8 Å². The Labute approximate surface area is 122 Å². The molecule has 110 valence electrons. The smallest absolute Gasteiger partial charge is 0.244 e. The second kappa shape index (κ2) is 5.59. The van der Waals surface area contributed by atoms with Crippen molar-refractivity contribution in [2.24, 2.45) is 0 Å². The second-order valence-electron chi connectivity index (χ2n) is 4.78. The number of sulfonamides is 1. The Hall–Kier alpha value is -1.31. The standard InChI is InChI=1S/C12H16ClN3O3S/c1-7(12(17)15-8-5-6-8)16-20(18,19)11-9(13)3-2-4-10(11)14/h2-4,7-8,16H,5-6,14H2,1H3,(H,15,17). The van der Waals surface area contributed by atoms with E-state index >= 15 is 0 Å². The molecule has 8 heteroatoms. The van der Waals surface area contributed by atoms with E-state index in [0.29, 0.717) is 0 Å². The lowest BCUT2D eigenvalue weighted by atomic mass is 10.3. The average molecular weight is 318 g/mol. The summed E-state index contributed by atoms with van der Waals surface area (Å²) in [7, 11) is -3.95. The lowest BCUT2D eigenvalue weighted by Crippen LogP contribution is -2.45. The molecule has 1 aliphatic rings. The summed E-state index contributed by atoms with van der Waals surface area (Å²) in [6.07, 6.45) is 1.87. The number of hydrogen-bond acceptors (Lipinski definition) is 4. The maximum atomic E-state index is 12.2. The molecule has 0 spiro atoms. The summed E-state index contributed by atoms with van der Waals surface area (Å²) in [5.41, 5.74) is 5.69. The van der Waals surface area contributed by atoms with Crippen LogP contribution < -0.4 is 15.8 Å². The quantitative estimate of drug-likeness (QED) is 0.701. The number of anilines is 1. The van der Waals surface area contributed by atoms with Crippen molar-refractivity contribution in [1.29, 1.82) is 0 Å². The molecule has 4 N–H and O–H groups in total. The summed E-state index contributed by atoms with van der Waals surface area (Å²) >= 11 is 5.87. The van der Waals surface area contributed by atoms with Gasteiger partial charge in [0.1, 0.15) is 4.90 Å². The molecular formula is C12H16ClN3O3S. The minimum absolute atomic E-state index is 0.0206. The second-order valence-corrected chi connectivity index (χ2v) is 6.84. The van der Waals surface area contributed by atoms with Crippen LogP contribution in [0.3, 0.4) is 0 Å². The monoisotopic (exact) mass is 317 g/mol. The Morgan fingerprint density at radius 1 is 1.45 bits per heavy atom. The Morgan fingerprint density at radius 3 is 2.65 bits per heavy atom. The number of amides is 1. The molecular weight excluding hydrogens is 302 g/mol. The van der Waals surface area contributed by atoms with E-state index in [1.54, 1.807) is 6.07 Å². The Kier molecular flexibility index (Phi) is 4.22. The number of nitrogen functional groups attached to an aromatic ring is 1. The molecule has 0 radical (unpaired) electrons. The van der Waals surface area contributed by atoms with Crippen molar-refractivity contribution in [3.8, 4) is 0 Å². The van der Waals surface area contributed by atoms with Gasteiger partial charge in [0, 0.05) is 6.04 Å². The van der Waals surface area contributed by atoms with Crippen LogP contribution in [0.4, 0.5) is 5.69 Å². The van der Waals surface area contributed by atoms with Crippen LogP contribution >= 0.6 is 11.6 Å². The molecule has 6 nitrogen and oxygen atoms in total. The van der Waals surface area contributed by atoms with Gasteiger partial charge in [-0.25, -0.2) is 8.42 Å². The van der Waals surface area contributed by atoms with Crippen molar-refractivity contribution >= 4 is 33.2 Å². The first-order valence-electron chi connectivity index (χ1n) is 6.18. The number of nitrogens with two attached hydrogens (primary N) is 1. The molecule has 0 aliphatic heterocycles. The number of nitrogens with one attached hydrogen (secondary N) is 2. The highest BCUT2D eigenvalue weighted by Gasteiger charge is 2.29. The van der Waals surface area contributed by atoms with Gasteiger partial charge in [0.2, 0.25) is 15.9 Å². The van der Waals surface area contributed by atoms with Crippen molar-refractivity contribution in [1.82, 2.24) is 10.0 Å². The van der Waals surface area contributed by atoms with Crippen LogP contribution in [0.5, 0.6) is 0 Å². The van der Waals surface area contributed by atoms with Gasteiger partial charge in [-0.1, -0.05) is 17.7 Å². The van der Waals surface area contributed by atoms with E-state index in [1.165, 1.54) is 19.1 Å². The zero-order valence-electron chi connectivity index (χ0n) is 10.9. The lowest BCUT2D eigenvalue weighted by Gasteiger charge is -2.15. The van der Waals surface area contributed by atoms with E-state index in [-0.39, 0.29) is 27.6 Å². The third kappa shape index (κ3) is 3.41. The van der Waals surface area contributed by atoms with Gasteiger partial charge in [0.15, 0.2) is 0 Å². The normalized spacial score (nSPS) is 16.7. The SMILES string of the molecule is CC(NS(=O)(=O)c1c(N)cccc1Cl)C(=O)NC1CC1. The topological polar surface area (TPSA) is 101 Å². The van der Waals surface area contributed by atoms with Crippen LogP contribution in [0.15, 0.2) is 23.1 Å². The first kappa shape index (κ1) is 15.1. The number of carbonyl (C=O) groups excluding carboxylic acids is 1. The zero-order chi connectivity index (χ0) is 14.9. The van der Waals surface area contributed by atoms with Gasteiger partial charge >= 0.3 is 0 Å². The van der Waals surface area contributed by atoms with Crippen molar-refractivity contribution in [2.45, 2.75) is 36.7 Å². The molecule has 1 atom stereocenters. The number of halogens is 1. The molecule has 1 fully saturated rings. The molecule has 0 aromatic heterocycles. The number of benzene rings is 1. The molecule has 1 aliphatic carbocycles. The fourth-order valence-corrected chi connectivity index (χ4v) is 3.59. The third-order valence-corrected chi connectivity index (χ3v) is 5.00. The van der Waals surface area contributed by atoms with E-state index in [0.717, 1.165) is 12.8 Å². The Bertz CT molecular complexity index is 609. The van der Waals surface area contributed by atoms with E-state index in [1.807, 2.05) is 0 Å². The van der Waals surface area contributed by atoms with Crippen molar-refractivity contribution < 1.29 is 13.2 Å². The van der Waals surface area contributed by atoms with Gasteiger partial charge in [0.25, 0.3) is 0 Å². The van der Waals surface area contributed by atoms with Crippen molar-refractivity contribution in [3.63, 3.8) is 0 Å². The van der Waals surface area contributed by atoms with E-state index < -0.39 is 16.1 Å². The largest absolute Gasteiger partial charge is 0.398 e. The highest BCUT2D eigenvalue weighted by atomic mass is 35.5. The molecule has 1 unspecified atom stereocenters. The van der Waals surface area contributed by atoms with Gasteiger partial charge in [-0.2, -0.15) is 4.72 Å². The first-order valence-corrected chi connectivity index (χ1v) is 8.04. The summed E-state index contributed by atoms with van der Waals surface area (Å²) in [6.45, 7) is 1.47. The first-order chi connectivity index (χ1) is 9.31. The van der Waals surface area contributed by atoms with Crippen LogP contribution in [0.1, 0.15) is 19.8 Å². The van der Waals surface area contributed by atoms with E-state index in [2.05, 4.69) is 10.0 Å². The summed E-state index contributed by atoms with van der Waals surface area (Å²) < 4.78 is 26.8. The molecule has 20 heavy (non-hydrogen) atoms. The molecule has 0 saturated heterocycles. The minimum atomic E-state index is -3.95. The molecule has 0 bridgehead atoms. The number of hydrogen-bond donors (Lipinski definition) is 3. The highest BCUT2D eigenvalue weighted by Crippen LogP contribution is 2.27. The van der Waals surface area contributed by atoms with Gasteiger partial charge < -0.3 is 11.1 Å². The van der Waals surface area contributed by atoms with Crippen LogP contribution in [0.25, 0.3) is 0 Å². The van der Waals surface area contributed by atoms with Gasteiger partial charge in [-0.3, -0.25) is 4.79 Å². The minimum Gasteiger partial charge on any atom is -0.398 e. The third-order valence-electron chi connectivity index (χ3n) is 2.92. The zero-order valence-corrected chi connectivity index (χ0v) is 12.5. The fraction of sp³-hybridized carbons (Fsp3) is 0.417. The Morgan fingerprint density at radius 2 is 2.10 bits per heavy atom. The van der Waals surface area contributed by atoms with Crippen LogP contribution in [0.2, 0.25) is 5.02 Å². The van der Waals surface area contributed by atoms with Crippen LogP contribution in [-0.2, 0) is 14.8 Å². The summed E-state index contributed by atoms with van der Waals surface area (Å²) in [5.74, 6) is -0.360. The predicted molar refractivity (Wildman–Crippen MR) is 76.8 cm³/mol. The van der Waals surface area contributed by atoms with E-state index in [4.69, 9.17) is 17.3 Å². The summed E-state index contributed by atoms with van der Waals surface area (Å²) in [5, 5.41) is 2.75. The number of rotatable bonds is 5. The Balaban J connectivity index is 2.16. The van der Waals surface area contributed by atoms with Crippen LogP contribution in [-0.4, -0.2) is 26.4 Å². The summed E-state index contributed by atoms with van der Waals surface area (Å²) in [4.78, 5) is 11.6. The lowest BCUT2D eigenvalue weighted by molar-refractivity contribution is -0.122. The summed E-state index contributed by atoms with van der Waals surface area (Å²) in [6, 6.07) is 3.70. The molecule has 1 aromatic rings. The van der Waals surface area contributed by atoms with Crippen LogP contribution in [0, 0.1) is 0 Å². The fourth-order valence-electron chi connectivity index (χ4n) is 1.71. The molecule has 1 saturated carbocycles. The molecule has 1 aromatic carbocycles. The van der Waals surface area contributed by atoms with Gasteiger partial charge in [-0.15, -0.1) is 0 Å². The van der Waals surface area contributed by atoms with Crippen molar-refractivity contribution in [2.75, 3.05) is 5.73 Å². The maximum absolute atomic E-state index is 12.2. The number of carbonyl (C=O) groups is 1. The highest BCUT2D eigenvalue weighted by molar-refractivity contribution is 7.89. The van der Waals surface area contributed by atoms with E-state index in [9.17, 15) is 13.2 Å². The average Bonchev–Trinajstić information content (AvgIpc) is 3.11. The molecule has 1 amide bonds. The van der Waals surface area contributed by atoms with Crippen molar-refractivity contribution in [3.05, 3.63) is 23.2 Å².